The first-order chi connectivity index (χ1) is 13.5. The van der Waals surface area contributed by atoms with Crippen molar-refractivity contribution < 1.29 is 9.85 Å². The summed E-state index contributed by atoms with van der Waals surface area (Å²) in [4.78, 5) is 23.4. The van der Waals surface area contributed by atoms with Gasteiger partial charge in [0.25, 0.3) is 11.4 Å². The van der Waals surface area contributed by atoms with Crippen LogP contribution >= 0.6 is 0 Å². The van der Waals surface area contributed by atoms with E-state index in [1.54, 1.807) is 6.08 Å². The second kappa shape index (κ2) is 6.62. The molecule has 0 atom stereocenters. The quantitative estimate of drug-likeness (QED) is 0.466. The van der Waals surface area contributed by atoms with Gasteiger partial charge in [0.15, 0.2) is 0 Å². The maximum Gasteiger partial charge on any atom is 0.283 e. The van der Waals surface area contributed by atoms with E-state index in [4.69, 9.17) is 0 Å². The monoisotopic (exact) mass is 373 g/mol. The van der Waals surface area contributed by atoms with Gasteiger partial charge in [0, 0.05) is 35.6 Å². The lowest BCUT2D eigenvalue weighted by Crippen LogP contribution is -2.17. The van der Waals surface area contributed by atoms with Crippen molar-refractivity contribution in [3.8, 4) is 0 Å². The van der Waals surface area contributed by atoms with E-state index in [1.807, 2.05) is 55.6 Å². The molecule has 0 radical (unpaired) electrons. The van der Waals surface area contributed by atoms with Crippen molar-refractivity contribution in [2.24, 2.45) is 0 Å². The van der Waals surface area contributed by atoms with Crippen LogP contribution in [0, 0.1) is 20.2 Å². The summed E-state index contributed by atoms with van der Waals surface area (Å²) in [6.07, 6.45) is 1.73. The summed E-state index contributed by atoms with van der Waals surface area (Å²) in [7, 11) is 1.97. The van der Waals surface area contributed by atoms with E-state index in [9.17, 15) is 20.2 Å². The number of hydrogen-bond donors (Lipinski definition) is 0. The van der Waals surface area contributed by atoms with Gasteiger partial charge in [0.05, 0.1) is 21.5 Å². The first kappa shape index (κ1) is 17.4. The molecule has 7 nitrogen and oxygen atoms in total. The average Bonchev–Trinajstić information content (AvgIpc) is 2.71. The Kier molecular flexibility index (Phi) is 4.12. The zero-order valence-corrected chi connectivity index (χ0v) is 14.9. The van der Waals surface area contributed by atoms with E-state index >= 15 is 0 Å². The third kappa shape index (κ3) is 2.79. The summed E-state index contributed by atoms with van der Waals surface area (Å²) >= 11 is 0. The fraction of sp³-hybridized carbons (Fsp3) is 0.0476. The second-order valence-corrected chi connectivity index (χ2v) is 6.41. The standard InChI is InChI=1S/C21H15N3O4/c1-22-19-8-4-2-6-16(19)18(17-7-3-5-9-20(17)22)12-14-10-11-15(23(25)26)13-21(14)24(27)28/h2-13H,1H3. The van der Waals surface area contributed by atoms with Crippen LogP contribution in [-0.4, -0.2) is 16.9 Å². The van der Waals surface area contributed by atoms with Crippen molar-refractivity contribution in [3.63, 3.8) is 0 Å². The molecule has 3 aromatic carbocycles. The highest BCUT2D eigenvalue weighted by Crippen LogP contribution is 2.45. The van der Waals surface area contributed by atoms with Gasteiger partial charge in [-0.3, -0.25) is 20.2 Å². The van der Waals surface area contributed by atoms with Gasteiger partial charge in [-0.05, 0) is 29.8 Å². The van der Waals surface area contributed by atoms with Crippen LogP contribution < -0.4 is 4.90 Å². The highest BCUT2D eigenvalue weighted by atomic mass is 16.6. The number of nitrogens with zero attached hydrogens (tertiary/aromatic N) is 3. The summed E-state index contributed by atoms with van der Waals surface area (Å²) in [6, 6.07) is 19.3. The van der Waals surface area contributed by atoms with E-state index in [1.165, 1.54) is 12.1 Å². The lowest BCUT2D eigenvalue weighted by atomic mass is 9.89. The highest BCUT2D eigenvalue weighted by Gasteiger charge is 2.25. The molecule has 0 aliphatic carbocycles. The van der Waals surface area contributed by atoms with Crippen molar-refractivity contribution in [2.75, 3.05) is 11.9 Å². The summed E-state index contributed by atoms with van der Waals surface area (Å²) < 4.78 is 0. The van der Waals surface area contributed by atoms with Crippen molar-refractivity contribution in [3.05, 3.63) is 104 Å². The van der Waals surface area contributed by atoms with Gasteiger partial charge in [-0.25, -0.2) is 0 Å². The Morgan fingerprint density at radius 3 is 1.93 bits per heavy atom. The summed E-state index contributed by atoms with van der Waals surface area (Å²) in [6.45, 7) is 0. The number of benzene rings is 3. The molecule has 138 valence electrons. The molecule has 0 unspecified atom stereocenters. The minimum Gasteiger partial charge on any atom is -0.344 e. The zero-order valence-electron chi connectivity index (χ0n) is 14.9. The van der Waals surface area contributed by atoms with Crippen LogP contribution in [-0.2, 0) is 0 Å². The predicted molar refractivity (Wildman–Crippen MR) is 108 cm³/mol. The number of fused-ring (bicyclic) bond motifs is 2. The topological polar surface area (TPSA) is 89.5 Å². The first-order valence-electron chi connectivity index (χ1n) is 8.54. The van der Waals surface area contributed by atoms with E-state index in [0.717, 1.165) is 34.1 Å². The third-order valence-corrected chi connectivity index (χ3v) is 4.83. The molecule has 0 bridgehead atoms. The van der Waals surface area contributed by atoms with Crippen LogP contribution in [0.25, 0.3) is 11.6 Å². The fourth-order valence-corrected chi connectivity index (χ4v) is 3.50. The predicted octanol–water partition coefficient (Wildman–Crippen LogP) is 5.17. The van der Waals surface area contributed by atoms with Gasteiger partial charge in [0.2, 0.25) is 0 Å². The lowest BCUT2D eigenvalue weighted by molar-refractivity contribution is -0.394. The molecule has 0 saturated carbocycles. The molecule has 0 amide bonds. The van der Waals surface area contributed by atoms with E-state index in [-0.39, 0.29) is 11.4 Å². The van der Waals surface area contributed by atoms with Crippen LogP contribution in [0.1, 0.15) is 16.7 Å². The molecule has 0 spiro atoms. The van der Waals surface area contributed by atoms with Crippen LogP contribution in [0.15, 0.2) is 66.7 Å². The molecule has 0 saturated heterocycles. The molecule has 28 heavy (non-hydrogen) atoms. The van der Waals surface area contributed by atoms with E-state index < -0.39 is 9.85 Å². The van der Waals surface area contributed by atoms with E-state index in [2.05, 4.69) is 4.90 Å². The zero-order chi connectivity index (χ0) is 19.8. The molecule has 1 heterocycles. The van der Waals surface area contributed by atoms with Crippen molar-refractivity contribution in [1.29, 1.82) is 0 Å². The minimum atomic E-state index is -0.635. The Hall–Kier alpha value is -4.00. The Bertz CT molecular complexity index is 1100. The van der Waals surface area contributed by atoms with Gasteiger partial charge in [0.1, 0.15) is 0 Å². The normalized spacial score (nSPS) is 12.2. The molecule has 0 aromatic heterocycles. The van der Waals surface area contributed by atoms with Crippen molar-refractivity contribution in [2.45, 2.75) is 0 Å². The molecule has 3 aromatic rings. The minimum absolute atomic E-state index is 0.296. The van der Waals surface area contributed by atoms with Crippen molar-refractivity contribution >= 4 is 34.4 Å². The van der Waals surface area contributed by atoms with Crippen molar-refractivity contribution in [1.82, 2.24) is 0 Å². The number of hydrogen-bond acceptors (Lipinski definition) is 5. The average molecular weight is 373 g/mol. The van der Waals surface area contributed by atoms with Gasteiger partial charge in [-0.15, -0.1) is 0 Å². The maximum absolute atomic E-state index is 11.5. The van der Waals surface area contributed by atoms with E-state index in [0.29, 0.717) is 5.56 Å². The molecule has 1 aliphatic rings. The van der Waals surface area contributed by atoms with Gasteiger partial charge >= 0.3 is 0 Å². The fourth-order valence-electron chi connectivity index (χ4n) is 3.50. The SMILES string of the molecule is CN1c2ccccc2C(=Cc2ccc([N+](=O)[O-])cc2[N+](=O)[O-])c2ccccc21. The van der Waals surface area contributed by atoms with Gasteiger partial charge in [-0.2, -0.15) is 0 Å². The molecular formula is C21H15N3O4. The van der Waals surface area contributed by atoms with Crippen LogP contribution in [0.3, 0.4) is 0 Å². The number of nitro groups is 2. The smallest absolute Gasteiger partial charge is 0.283 e. The molecule has 4 rings (SSSR count). The van der Waals surface area contributed by atoms with Crippen LogP contribution in [0.4, 0.5) is 22.7 Å². The summed E-state index contributed by atoms with van der Waals surface area (Å²) in [5.41, 5.74) is 4.40. The van der Waals surface area contributed by atoms with Gasteiger partial charge < -0.3 is 4.90 Å². The number of rotatable bonds is 3. The Balaban J connectivity index is 1.98. The third-order valence-electron chi connectivity index (χ3n) is 4.83. The molecule has 0 fully saturated rings. The molecule has 0 N–H and O–H groups in total. The highest BCUT2D eigenvalue weighted by molar-refractivity contribution is 6.04. The molecule has 1 aliphatic heterocycles. The lowest BCUT2D eigenvalue weighted by Gasteiger charge is -2.31. The summed E-state index contributed by atoms with van der Waals surface area (Å²) in [5, 5.41) is 22.5. The Morgan fingerprint density at radius 1 is 0.821 bits per heavy atom. The number of anilines is 2. The first-order valence-corrected chi connectivity index (χ1v) is 8.54. The number of nitro benzene ring substituents is 2. The van der Waals surface area contributed by atoms with Crippen LogP contribution in [0.2, 0.25) is 0 Å². The molecular weight excluding hydrogens is 358 g/mol. The number of para-hydroxylation sites is 2. The van der Waals surface area contributed by atoms with Crippen LogP contribution in [0.5, 0.6) is 0 Å². The maximum atomic E-state index is 11.5. The second-order valence-electron chi connectivity index (χ2n) is 6.41. The van der Waals surface area contributed by atoms with Gasteiger partial charge in [-0.1, -0.05) is 36.4 Å². The Labute approximate surface area is 160 Å². The largest absolute Gasteiger partial charge is 0.344 e. The molecule has 7 heteroatoms. The number of non-ortho nitro benzene ring substituents is 1. The summed E-state index contributed by atoms with van der Waals surface area (Å²) in [5.74, 6) is 0. The Morgan fingerprint density at radius 2 is 1.39 bits per heavy atom.